The molecule has 0 aromatic carbocycles. The van der Waals surface area contributed by atoms with Gasteiger partial charge < -0.3 is 20.1 Å². The van der Waals surface area contributed by atoms with Crippen LogP contribution in [0.3, 0.4) is 0 Å². The Morgan fingerprint density at radius 2 is 2.00 bits per heavy atom. The van der Waals surface area contributed by atoms with Crippen LogP contribution in [0.25, 0.3) is 0 Å². The Hall–Kier alpha value is -1.07. The van der Waals surface area contributed by atoms with Crippen molar-refractivity contribution in [2.75, 3.05) is 26.8 Å². The first kappa shape index (κ1) is 19.9. The van der Waals surface area contributed by atoms with Crippen LogP contribution >= 0.6 is 0 Å². The Kier molecular flexibility index (Phi) is 11.0. The summed E-state index contributed by atoms with van der Waals surface area (Å²) < 4.78 is 10.4. The van der Waals surface area contributed by atoms with Gasteiger partial charge in [0.05, 0.1) is 6.61 Å². The zero-order valence-electron chi connectivity index (χ0n) is 14.2. The minimum absolute atomic E-state index is 0.320. The molecule has 0 saturated carbocycles. The zero-order valence-corrected chi connectivity index (χ0v) is 14.2. The molecule has 0 spiro atoms. The van der Waals surface area contributed by atoms with Gasteiger partial charge in [0.25, 0.3) is 0 Å². The van der Waals surface area contributed by atoms with Gasteiger partial charge in [0.15, 0.2) is 0 Å². The van der Waals surface area contributed by atoms with Crippen molar-refractivity contribution in [2.45, 2.75) is 58.6 Å². The van der Waals surface area contributed by atoms with E-state index in [9.17, 15) is 4.79 Å². The van der Waals surface area contributed by atoms with Crippen molar-refractivity contribution in [3.8, 4) is 0 Å². The third kappa shape index (κ3) is 13.7. The van der Waals surface area contributed by atoms with E-state index in [1.54, 1.807) is 7.11 Å². The average Bonchev–Trinajstić information content (AvgIpc) is 2.37. The monoisotopic (exact) mass is 300 g/mol. The molecule has 0 saturated heterocycles. The molecule has 0 aliphatic carbocycles. The number of methoxy groups -OCH3 is 1. The lowest BCUT2D eigenvalue weighted by atomic mass is 10.1. The highest BCUT2D eigenvalue weighted by molar-refractivity contribution is 5.67. The van der Waals surface area contributed by atoms with Gasteiger partial charge in [-0.05, 0) is 53.5 Å². The van der Waals surface area contributed by atoms with E-state index in [0.717, 1.165) is 25.8 Å². The van der Waals surface area contributed by atoms with E-state index in [4.69, 9.17) is 9.47 Å². The topological polar surface area (TPSA) is 59.6 Å². The molecular formula is C16H32N2O3. The summed E-state index contributed by atoms with van der Waals surface area (Å²) in [6.07, 6.45) is 6.71. The predicted octanol–water partition coefficient (Wildman–Crippen LogP) is 2.86. The van der Waals surface area contributed by atoms with Gasteiger partial charge in [0.2, 0.25) is 0 Å². The van der Waals surface area contributed by atoms with Crippen LogP contribution in [0.15, 0.2) is 12.2 Å². The molecule has 5 nitrogen and oxygen atoms in total. The van der Waals surface area contributed by atoms with Gasteiger partial charge in [-0.25, -0.2) is 4.79 Å². The summed E-state index contributed by atoms with van der Waals surface area (Å²) in [5, 5.41) is 6.23. The molecule has 1 amide bonds. The summed E-state index contributed by atoms with van der Waals surface area (Å²) in [6.45, 7) is 9.84. The van der Waals surface area contributed by atoms with Crippen molar-refractivity contribution < 1.29 is 14.3 Å². The summed E-state index contributed by atoms with van der Waals surface area (Å²) in [4.78, 5) is 11.5. The van der Waals surface area contributed by atoms with Crippen molar-refractivity contribution >= 4 is 6.09 Å². The third-order valence-electron chi connectivity index (χ3n) is 2.75. The number of nitrogens with one attached hydrogen (secondary N) is 2. The van der Waals surface area contributed by atoms with E-state index < -0.39 is 5.60 Å². The summed E-state index contributed by atoms with van der Waals surface area (Å²) in [7, 11) is 1.71. The first-order valence-corrected chi connectivity index (χ1v) is 7.69. The fourth-order valence-electron chi connectivity index (χ4n) is 1.84. The fourth-order valence-corrected chi connectivity index (χ4v) is 1.84. The average molecular weight is 300 g/mol. The maximum Gasteiger partial charge on any atom is 0.407 e. The van der Waals surface area contributed by atoms with E-state index in [1.165, 1.54) is 0 Å². The van der Waals surface area contributed by atoms with Crippen molar-refractivity contribution in [1.82, 2.24) is 10.6 Å². The van der Waals surface area contributed by atoms with Crippen LogP contribution < -0.4 is 10.6 Å². The van der Waals surface area contributed by atoms with Crippen LogP contribution in [0.5, 0.6) is 0 Å². The molecule has 1 atom stereocenters. The molecule has 0 rings (SSSR count). The van der Waals surface area contributed by atoms with E-state index in [-0.39, 0.29) is 6.09 Å². The van der Waals surface area contributed by atoms with Crippen LogP contribution in [0.4, 0.5) is 4.79 Å². The second kappa shape index (κ2) is 11.6. The van der Waals surface area contributed by atoms with Gasteiger partial charge in [-0.1, -0.05) is 12.2 Å². The molecule has 0 aromatic rings. The predicted molar refractivity (Wildman–Crippen MR) is 86.6 cm³/mol. The fraction of sp³-hybridized carbons (Fsp3) is 0.812. The van der Waals surface area contributed by atoms with Crippen LogP contribution in [-0.4, -0.2) is 44.5 Å². The van der Waals surface area contributed by atoms with Gasteiger partial charge in [0, 0.05) is 19.7 Å². The summed E-state index contributed by atoms with van der Waals surface area (Å²) in [6, 6.07) is 0.320. The Labute approximate surface area is 129 Å². The number of rotatable bonds is 10. The van der Waals surface area contributed by atoms with Crippen molar-refractivity contribution in [3.05, 3.63) is 12.2 Å². The molecule has 21 heavy (non-hydrogen) atoms. The minimum Gasteiger partial charge on any atom is -0.444 e. The first-order chi connectivity index (χ1) is 9.89. The normalized spacial score (nSPS) is 13.4. The number of carbonyl (C=O) groups excluding carboxylic acids is 1. The molecule has 124 valence electrons. The van der Waals surface area contributed by atoms with Crippen LogP contribution in [0.1, 0.15) is 47.0 Å². The van der Waals surface area contributed by atoms with Gasteiger partial charge >= 0.3 is 6.09 Å². The molecule has 0 aliphatic rings. The Morgan fingerprint density at radius 3 is 2.57 bits per heavy atom. The number of alkyl carbamates (subject to hydrolysis) is 1. The molecule has 0 aromatic heterocycles. The number of hydrogen-bond acceptors (Lipinski definition) is 4. The standard InChI is InChI=1S/C16H32N2O3/c1-6-7-8-11-17-14(13-20-5)10-9-12-18-15(19)21-16(2,3)4/h6-7,14,17H,8-13H2,1-5H3,(H,18,19)/b7-6+. The summed E-state index contributed by atoms with van der Waals surface area (Å²) >= 11 is 0. The van der Waals surface area contributed by atoms with E-state index >= 15 is 0 Å². The van der Waals surface area contributed by atoms with E-state index in [1.807, 2.05) is 27.7 Å². The highest BCUT2D eigenvalue weighted by Gasteiger charge is 2.15. The largest absolute Gasteiger partial charge is 0.444 e. The van der Waals surface area contributed by atoms with Gasteiger partial charge in [-0.15, -0.1) is 0 Å². The van der Waals surface area contributed by atoms with Crippen molar-refractivity contribution in [1.29, 1.82) is 0 Å². The highest BCUT2D eigenvalue weighted by Crippen LogP contribution is 2.06. The molecule has 0 radical (unpaired) electrons. The smallest absolute Gasteiger partial charge is 0.407 e. The molecular weight excluding hydrogens is 268 g/mol. The number of hydrogen-bond donors (Lipinski definition) is 2. The molecule has 0 heterocycles. The maximum absolute atomic E-state index is 11.5. The lowest BCUT2D eigenvalue weighted by molar-refractivity contribution is 0.0526. The first-order valence-electron chi connectivity index (χ1n) is 7.69. The summed E-state index contributed by atoms with van der Waals surface area (Å²) in [5.74, 6) is 0. The molecule has 0 bridgehead atoms. The number of ether oxygens (including phenoxy) is 2. The number of amides is 1. The lowest BCUT2D eigenvalue weighted by Gasteiger charge is -2.20. The molecule has 5 heteroatoms. The lowest BCUT2D eigenvalue weighted by Crippen LogP contribution is -2.36. The van der Waals surface area contributed by atoms with Crippen LogP contribution in [-0.2, 0) is 9.47 Å². The van der Waals surface area contributed by atoms with Crippen LogP contribution in [0.2, 0.25) is 0 Å². The number of allylic oxidation sites excluding steroid dienone is 1. The second-order valence-electron chi connectivity index (χ2n) is 6.03. The highest BCUT2D eigenvalue weighted by atomic mass is 16.6. The molecule has 0 fully saturated rings. The molecule has 0 aliphatic heterocycles. The number of carbonyl (C=O) groups is 1. The molecule has 1 unspecified atom stereocenters. The van der Waals surface area contributed by atoms with Gasteiger partial charge in [0.1, 0.15) is 5.60 Å². The van der Waals surface area contributed by atoms with Gasteiger partial charge in [-0.2, -0.15) is 0 Å². The van der Waals surface area contributed by atoms with Crippen molar-refractivity contribution in [2.24, 2.45) is 0 Å². The van der Waals surface area contributed by atoms with E-state index in [0.29, 0.717) is 19.2 Å². The van der Waals surface area contributed by atoms with Gasteiger partial charge in [-0.3, -0.25) is 0 Å². The third-order valence-corrected chi connectivity index (χ3v) is 2.75. The zero-order chi connectivity index (χ0) is 16.1. The van der Waals surface area contributed by atoms with Crippen molar-refractivity contribution in [3.63, 3.8) is 0 Å². The van der Waals surface area contributed by atoms with E-state index in [2.05, 4.69) is 22.8 Å². The quantitative estimate of drug-likeness (QED) is 0.481. The maximum atomic E-state index is 11.5. The Morgan fingerprint density at radius 1 is 1.29 bits per heavy atom. The second-order valence-corrected chi connectivity index (χ2v) is 6.03. The molecule has 2 N–H and O–H groups in total. The minimum atomic E-state index is -0.447. The van der Waals surface area contributed by atoms with Crippen LogP contribution in [0, 0.1) is 0 Å². The Bertz CT molecular complexity index is 298. The Balaban J connectivity index is 3.79. The SMILES string of the molecule is C/C=C/CCNC(CCCNC(=O)OC(C)(C)C)COC. The summed E-state index contributed by atoms with van der Waals surface area (Å²) in [5.41, 5.74) is -0.447.